The molecule has 0 unspecified atom stereocenters. The number of para-hydroxylation sites is 2. The molecule has 6 nitrogen and oxygen atoms in total. The highest BCUT2D eigenvalue weighted by Gasteiger charge is 2.34. The number of fused-ring (bicyclic) bond motifs is 3. The number of ether oxygens (including phenoxy) is 2. The Hall–Kier alpha value is -3.28. The van der Waals surface area contributed by atoms with E-state index in [2.05, 4.69) is 12.1 Å². The molecule has 1 aliphatic heterocycles. The predicted octanol–water partition coefficient (Wildman–Crippen LogP) is 3.43. The van der Waals surface area contributed by atoms with Gasteiger partial charge in [-0.05, 0) is 54.7 Å². The number of esters is 1. The summed E-state index contributed by atoms with van der Waals surface area (Å²) in [5.74, 6) is -0.114. The van der Waals surface area contributed by atoms with E-state index in [0.717, 1.165) is 35.8 Å². The number of hydrogen-bond donors (Lipinski definition) is 0. The molecule has 0 saturated heterocycles. The normalized spacial score (nSPS) is 17.6. The highest BCUT2D eigenvalue weighted by molar-refractivity contribution is 5.99. The third-order valence-electron chi connectivity index (χ3n) is 5.75. The van der Waals surface area contributed by atoms with Crippen molar-refractivity contribution in [3.63, 3.8) is 0 Å². The lowest BCUT2D eigenvalue weighted by Gasteiger charge is -2.33. The number of benzene rings is 2. The van der Waals surface area contributed by atoms with Crippen LogP contribution in [0, 0.1) is 0 Å². The van der Waals surface area contributed by atoms with Crippen LogP contribution in [0.3, 0.4) is 0 Å². The summed E-state index contributed by atoms with van der Waals surface area (Å²) in [7, 11) is 1.31. The van der Waals surface area contributed by atoms with Crippen molar-refractivity contribution in [2.45, 2.75) is 31.8 Å². The molecule has 0 N–H and O–H groups in total. The fourth-order valence-corrected chi connectivity index (χ4v) is 4.27. The van der Waals surface area contributed by atoms with Crippen molar-refractivity contribution in [3.8, 4) is 5.75 Å². The summed E-state index contributed by atoms with van der Waals surface area (Å²) in [6.45, 7) is 0.119. The van der Waals surface area contributed by atoms with E-state index in [9.17, 15) is 9.59 Å². The highest BCUT2D eigenvalue weighted by atomic mass is 16.6. The molecule has 2 aliphatic rings. The average Bonchev–Trinajstić information content (AvgIpc) is 3.37. The number of rotatable bonds is 3. The number of furan rings is 1. The first-order chi connectivity index (χ1) is 14.1. The minimum absolute atomic E-state index is 0.113. The van der Waals surface area contributed by atoms with Gasteiger partial charge in [-0.3, -0.25) is 4.79 Å². The third-order valence-corrected chi connectivity index (χ3v) is 5.75. The Morgan fingerprint density at radius 2 is 1.97 bits per heavy atom. The zero-order valence-electron chi connectivity index (χ0n) is 16.1. The maximum atomic E-state index is 13.2. The van der Waals surface area contributed by atoms with Gasteiger partial charge in [0, 0.05) is 10.9 Å². The SMILES string of the molecule is COC(=O)[C@H]1CN(C(=O)Cc2coc3cc4c(cc23)CCC4)c2ccccc2O1. The van der Waals surface area contributed by atoms with Crippen molar-refractivity contribution >= 4 is 28.5 Å². The van der Waals surface area contributed by atoms with Crippen LogP contribution in [-0.2, 0) is 33.6 Å². The standard InChI is InChI=1S/C23H21NO5/c1-27-23(26)21-12-24(18-7-2-3-8-19(18)29-21)22(25)11-16-13-28-20-10-15-6-4-5-14(15)9-17(16)20/h2-3,7-10,13,21H,4-6,11-12H2,1H3/t21-/m1/s1. The second-order valence-electron chi connectivity index (χ2n) is 7.51. The van der Waals surface area contributed by atoms with E-state index < -0.39 is 12.1 Å². The Labute approximate surface area is 168 Å². The van der Waals surface area contributed by atoms with E-state index in [-0.39, 0.29) is 18.9 Å². The molecule has 1 amide bonds. The Balaban J connectivity index is 1.46. The van der Waals surface area contributed by atoms with Gasteiger partial charge in [0.15, 0.2) is 0 Å². The van der Waals surface area contributed by atoms with Crippen LogP contribution in [0.2, 0.25) is 0 Å². The van der Waals surface area contributed by atoms with E-state index in [0.29, 0.717) is 11.4 Å². The molecule has 0 bridgehead atoms. The number of hydrogen-bond acceptors (Lipinski definition) is 5. The van der Waals surface area contributed by atoms with Crippen LogP contribution in [0.15, 0.2) is 47.1 Å². The quantitative estimate of drug-likeness (QED) is 0.640. The first-order valence-electron chi connectivity index (χ1n) is 9.80. The summed E-state index contributed by atoms with van der Waals surface area (Å²) in [5, 5.41) is 0.991. The van der Waals surface area contributed by atoms with Gasteiger partial charge in [0.25, 0.3) is 0 Å². The first kappa shape index (κ1) is 17.8. The number of nitrogens with zero attached hydrogens (tertiary/aromatic N) is 1. The molecule has 1 aliphatic carbocycles. The molecule has 3 aromatic rings. The monoisotopic (exact) mass is 391 g/mol. The van der Waals surface area contributed by atoms with Gasteiger partial charge in [0.05, 0.1) is 32.0 Å². The van der Waals surface area contributed by atoms with Crippen LogP contribution in [0.25, 0.3) is 11.0 Å². The van der Waals surface area contributed by atoms with Gasteiger partial charge < -0.3 is 18.8 Å². The van der Waals surface area contributed by atoms with E-state index >= 15 is 0 Å². The minimum atomic E-state index is -0.844. The zero-order chi connectivity index (χ0) is 20.0. The van der Waals surface area contributed by atoms with Crippen LogP contribution in [0.1, 0.15) is 23.1 Å². The molecule has 6 heteroatoms. The van der Waals surface area contributed by atoms with Crippen LogP contribution in [-0.4, -0.2) is 31.6 Å². The summed E-state index contributed by atoms with van der Waals surface area (Å²) in [5.41, 5.74) is 5.02. The summed E-state index contributed by atoms with van der Waals surface area (Å²) in [6, 6.07) is 11.5. The van der Waals surface area contributed by atoms with Gasteiger partial charge in [-0.15, -0.1) is 0 Å². The summed E-state index contributed by atoms with van der Waals surface area (Å²) >= 11 is 0. The zero-order valence-corrected chi connectivity index (χ0v) is 16.1. The fourth-order valence-electron chi connectivity index (χ4n) is 4.27. The van der Waals surface area contributed by atoms with Crippen LogP contribution < -0.4 is 9.64 Å². The second kappa shape index (κ2) is 6.95. The van der Waals surface area contributed by atoms with Crippen molar-refractivity contribution in [2.75, 3.05) is 18.6 Å². The molecule has 1 aromatic heterocycles. The molecule has 2 heterocycles. The molecule has 1 atom stereocenters. The van der Waals surface area contributed by atoms with Gasteiger partial charge in [0.1, 0.15) is 11.3 Å². The molecule has 5 rings (SSSR count). The van der Waals surface area contributed by atoms with Crippen molar-refractivity contribution in [1.29, 1.82) is 0 Å². The van der Waals surface area contributed by atoms with Crippen molar-refractivity contribution in [1.82, 2.24) is 0 Å². The maximum absolute atomic E-state index is 13.2. The number of anilines is 1. The van der Waals surface area contributed by atoms with Crippen molar-refractivity contribution in [3.05, 3.63) is 59.4 Å². The minimum Gasteiger partial charge on any atom is -0.475 e. The first-order valence-corrected chi connectivity index (χ1v) is 9.80. The number of methoxy groups -OCH3 is 1. The predicted molar refractivity (Wildman–Crippen MR) is 107 cm³/mol. The Morgan fingerprint density at radius 1 is 1.17 bits per heavy atom. The lowest BCUT2D eigenvalue weighted by molar-refractivity contribution is -0.148. The molecular weight excluding hydrogens is 370 g/mol. The van der Waals surface area contributed by atoms with Gasteiger partial charge in [-0.2, -0.15) is 0 Å². The van der Waals surface area contributed by atoms with Crippen LogP contribution >= 0.6 is 0 Å². The summed E-state index contributed by atoms with van der Waals surface area (Å²) in [6.07, 6.45) is 4.33. The van der Waals surface area contributed by atoms with Gasteiger partial charge in [0.2, 0.25) is 12.0 Å². The van der Waals surface area contributed by atoms with E-state index in [1.807, 2.05) is 18.2 Å². The topological polar surface area (TPSA) is 69.0 Å². The number of aryl methyl sites for hydroxylation is 2. The number of carbonyl (C=O) groups is 2. The average molecular weight is 391 g/mol. The summed E-state index contributed by atoms with van der Waals surface area (Å²) in [4.78, 5) is 26.9. The third kappa shape index (κ3) is 3.05. The van der Waals surface area contributed by atoms with E-state index in [1.54, 1.807) is 17.2 Å². The fraction of sp³-hybridized carbons (Fsp3) is 0.304. The molecule has 0 radical (unpaired) electrons. The van der Waals surface area contributed by atoms with Crippen LogP contribution in [0.4, 0.5) is 5.69 Å². The van der Waals surface area contributed by atoms with E-state index in [4.69, 9.17) is 13.9 Å². The second-order valence-corrected chi connectivity index (χ2v) is 7.51. The van der Waals surface area contributed by atoms with Crippen LogP contribution in [0.5, 0.6) is 5.75 Å². The molecular formula is C23H21NO5. The molecule has 0 saturated carbocycles. The lowest BCUT2D eigenvalue weighted by atomic mass is 10.0. The molecule has 0 fully saturated rings. The largest absolute Gasteiger partial charge is 0.475 e. The Bertz CT molecular complexity index is 1120. The van der Waals surface area contributed by atoms with Crippen molar-refractivity contribution < 1.29 is 23.5 Å². The molecule has 29 heavy (non-hydrogen) atoms. The number of carbonyl (C=O) groups excluding carboxylic acids is 2. The van der Waals surface area contributed by atoms with Crippen molar-refractivity contribution in [2.24, 2.45) is 0 Å². The maximum Gasteiger partial charge on any atom is 0.348 e. The Morgan fingerprint density at radius 3 is 2.79 bits per heavy atom. The Kier molecular flexibility index (Phi) is 4.27. The van der Waals surface area contributed by atoms with E-state index in [1.165, 1.54) is 18.2 Å². The van der Waals surface area contributed by atoms with Gasteiger partial charge in [-0.1, -0.05) is 12.1 Å². The van der Waals surface area contributed by atoms with Gasteiger partial charge in [-0.25, -0.2) is 4.79 Å². The molecule has 148 valence electrons. The lowest BCUT2D eigenvalue weighted by Crippen LogP contribution is -2.48. The molecule has 0 spiro atoms. The summed E-state index contributed by atoms with van der Waals surface area (Å²) < 4.78 is 16.3. The highest BCUT2D eigenvalue weighted by Crippen LogP contribution is 2.35. The smallest absolute Gasteiger partial charge is 0.348 e. The van der Waals surface area contributed by atoms with Gasteiger partial charge >= 0.3 is 5.97 Å². The molecule has 2 aromatic carbocycles. The number of amides is 1.